The third-order valence-corrected chi connectivity index (χ3v) is 7.48. The van der Waals surface area contributed by atoms with Gasteiger partial charge in [0.2, 0.25) is 0 Å². The number of ether oxygens (including phenoxy) is 2. The Morgan fingerprint density at radius 2 is 2.00 bits per heavy atom. The Morgan fingerprint density at radius 3 is 2.86 bits per heavy atom. The maximum Gasteiger partial charge on any atom is 0.166 e. The molecule has 1 unspecified atom stereocenters. The smallest absolute Gasteiger partial charge is 0.166 e. The Bertz CT molecular complexity index is 932. The number of nitrogens with one attached hydrogen (secondary N) is 1. The molecule has 2 aliphatic carbocycles. The normalized spacial score (nSPS) is 37.1. The zero-order valence-corrected chi connectivity index (χ0v) is 15.7. The molecule has 2 fully saturated rings. The van der Waals surface area contributed by atoms with Crippen LogP contribution in [-0.2, 0) is 18.4 Å². The van der Waals surface area contributed by atoms with Gasteiger partial charge in [-0.3, -0.25) is 0 Å². The van der Waals surface area contributed by atoms with Gasteiger partial charge < -0.3 is 25.0 Å². The molecule has 0 aromatic heterocycles. The molecule has 1 saturated carbocycles. The molecule has 3 N–H and O–H groups in total. The Labute approximate surface area is 164 Å². The summed E-state index contributed by atoms with van der Waals surface area (Å²) >= 11 is 0. The lowest BCUT2D eigenvalue weighted by Gasteiger charge is -2.61. The SMILES string of the molecule is OC1CC[C@@]2(O)[C@H]3Cc4ccc(OCc5ccccc5)c5c4[C@@]2(CCN3)[C@H]1O5. The first kappa shape index (κ1) is 16.8. The van der Waals surface area contributed by atoms with E-state index in [1.807, 2.05) is 36.4 Å². The van der Waals surface area contributed by atoms with E-state index in [2.05, 4.69) is 11.4 Å². The van der Waals surface area contributed by atoms with Gasteiger partial charge in [0.15, 0.2) is 11.5 Å². The molecular weight excluding hydrogens is 354 g/mol. The number of hydrogen-bond acceptors (Lipinski definition) is 5. The van der Waals surface area contributed by atoms with E-state index in [0.717, 1.165) is 36.3 Å². The van der Waals surface area contributed by atoms with Gasteiger partial charge in [0.05, 0.1) is 17.1 Å². The summed E-state index contributed by atoms with van der Waals surface area (Å²) in [6.07, 6.45) is 1.73. The van der Waals surface area contributed by atoms with Crippen LogP contribution in [0.4, 0.5) is 0 Å². The van der Waals surface area contributed by atoms with Crippen LogP contribution in [0.25, 0.3) is 0 Å². The van der Waals surface area contributed by atoms with Crippen molar-refractivity contribution in [3.63, 3.8) is 0 Å². The second-order valence-corrected chi connectivity index (χ2v) is 8.70. The fourth-order valence-electron chi connectivity index (χ4n) is 6.25. The largest absolute Gasteiger partial charge is 0.485 e. The van der Waals surface area contributed by atoms with Crippen molar-refractivity contribution in [2.45, 2.75) is 61.6 Å². The molecular formula is C23H25NO4. The summed E-state index contributed by atoms with van der Waals surface area (Å²) in [7, 11) is 0. The van der Waals surface area contributed by atoms with Crippen molar-refractivity contribution in [1.29, 1.82) is 0 Å². The zero-order chi connectivity index (χ0) is 18.9. The summed E-state index contributed by atoms with van der Waals surface area (Å²) in [5.41, 5.74) is 1.96. The van der Waals surface area contributed by atoms with Crippen LogP contribution >= 0.6 is 0 Å². The summed E-state index contributed by atoms with van der Waals surface area (Å²) < 4.78 is 12.6. The van der Waals surface area contributed by atoms with E-state index in [1.54, 1.807) is 0 Å². The second kappa shape index (κ2) is 5.72. The fourth-order valence-corrected chi connectivity index (χ4v) is 6.25. The van der Waals surface area contributed by atoms with Crippen LogP contribution in [0.5, 0.6) is 11.5 Å². The van der Waals surface area contributed by atoms with E-state index in [4.69, 9.17) is 9.47 Å². The fraction of sp³-hybridized carbons (Fsp3) is 0.478. The third kappa shape index (κ3) is 1.97. The second-order valence-electron chi connectivity index (χ2n) is 8.70. The highest BCUT2D eigenvalue weighted by Gasteiger charge is 2.71. The Morgan fingerprint density at radius 1 is 1.14 bits per heavy atom. The number of hydrogen-bond donors (Lipinski definition) is 3. The van der Waals surface area contributed by atoms with Gasteiger partial charge in [0, 0.05) is 11.6 Å². The van der Waals surface area contributed by atoms with Gasteiger partial charge in [-0.15, -0.1) is 0 Å². The molecule has 28 heavy (non-hydrogen) atoms. The number of aliphatic hydroxyl groups excluding tert-OH is 1. The van der Waals surface area contributed by atoms with Crippen molar-refractivity contribution in [3.05, 3.63) is 59.2 Å². The average Bonchev–Trinajstić information content (AvgIpc) is 3.05. The molecule has 2 aromatic rings. The average molecular weight is 379 g/mol. The van der Waals surface area contributed by atoms with Crippen LogP contribution < -0.4 is 14.8 Å². The molecule has 0 amide bonds. The van der Waals surface area contributed by atoms with Crippen LogP contribution in [-0.4, -0.2) is 40.6 Å². The molecule has 2 aromatic carbocycles. The molecule has 146 valence electrons. The van der Waals surface area contributed by atoms with Crippen LogP contribution in [0.2, 0.25) is 0 Å². The first-order valence-corrected chi connectivity index (χ1v) is 10.3. The standard InChI is InChI=1S/C23H25NO4/c25-16-8-9-23(26)18-12-15-6-7-17(27-13-14-4-2-1-3-5-14)20-19(15)22(23,10-11-24-18)21(16)28-20/h1-7,16,18,21,24-26H,8-13H2/t16?,18-,21+,22+,23-/m1/s1. The molecule has 2 heterocycles. The predicted molar refractivity (Wildman–Crippen MR) is 104 cm³/mol. The molecule has 2 aliphatic heterocycles. The van der Waals surface area contributed by atoms with E-state index < -0.39 is 23.2 Å². The monoisotopic (exact) mass is 379 g/mol. The lowest BCUT2D eigenvalue weighted by atomic mass is 9.49. The quantitative estimate of drug-likeness (QED) is 0.762. The molecule has 5 atom stereocenters. The first-order valence-electron chi connectivity index (χ1n) is 10.3. The van der Waals surface area contributed by atoms with Gasteiger partial charge in [-0.25, -0.2) is 0 Å². The highest BCUT2D eigenvalue weighted by molar-refractivity contribution is 5.63. The lowest BCUT2D eigenvalue weighted by molar-refractivity contribution is -0.179. The maximum absolute atomic E-state index is 11.8. The van der Waals surface area contributed by atoms with Gasteiger partial charge in [0.25, 0.3) is 0 Å². The van der Waals surface area contributed by atoms with Gasteiger partial charge in [-0.2, -0.15) is 0 Å². The van der Waals surface area contributed by atoms with E-state index in [-0.39, 0.29) is 6.04 Å². The highest BCUT2D eigenvalue weighted by Crippen LogP contribution is 2.64. The van der Waals surface area contributed by atoms with Crippen LogP contribution in [0, 0.1) is 0 Å². The Kier molecular flexibility index (Phi) is 3.44. The summed E-state index contributed by atoms with van der Waals surface area (Å²) in [6.45, 7) is 1.29. The van der Waals surface area contributed by atoms with E-state index >= 15 is 0 Å². The van der Waals surface area contributed by atoms with Crippen molar-refractivity contribution < 1.29 is 19.7 Å². The summed E-state index contributed by atoms with van der Waals surface area (Å²) in [4.78, 5) is 0. The molecule has 2 bridgehead atoms. The zero-order valence-electron chi connectivity index (χ0n) is 15.7. The molecule has 4 aliphatic rings. The summed E-state index contributed by atoms with van der Waals surface area (Å²) in [5, 5.41) is 26.2. The lowest BCUT2D eigenvalue weighted by Crippen LogP contribution is -2.76. The maximum atomic E-state index is 11.8. The van der Waals surface area contributed by atoms with E-state index in [1.165, 1.54) is 5.56 Å². The van der Waals surface area contributed by atoms with Gasteiger partial charge in [0.1, 0.15) is 12.7 Å². The van der Waals surface area contributed by atoms with Gasteiger partial charge >= 0.3 is 0 Å². The molecule has 1 saturated heterocycles. The van der Waals surface area contributed by atoms with E-state index in [0.29, 0.717) is 25.2 Å². The topological polar surface area (TPSA) is 71.0 Å². The number of rotatable bonds is 3. The first-order chi connectivity index (χ1) is 13.6. The molecule has 6 rings (SSSR count). The molecule has 0 radical (unpaired) electrons. The van der Waals surface area contributed by atoms with Crippen molar-refractivity contribution in [1.82, 2.24) is 5.32 Å². The van der Waals surface area contributed by atoms with Crippen molar-refractivity contribution >= 4 is 0 Å². The highest BCUT2D eigenvalue weighted by atomic mass is 16.5. The van der Waals surface area contributed by atoms with Crippen LogP contribution in [0.3, 0.4) is 0 Å². The Balaban J connectivity index is 1.47. The molecule has 5 nitrogen and oxygen atoms in total. The minimum absolute atomic E-state index is 0.00869. The van der Waals surface area contributed by atoms with Crippen LogP contribution in [0.1, 0.15) is 36.0 Å². The summed E-state index contributed by atoms with van der Waals surface area (Å²) in [5.74, 6) is 1.44. The van der Waals surface area contributed by atoms with Crippen LogP contribution in [0.15, 0.2) is 42.5 Å². The Hall–Kier alpha value is -2.08. The van der Waals surface area contributed by atoms with Crippen molar-refractivity contribution in [2.24, 2.45) is 0 Å². The predicted octanol–water partition coefficient (Wildman–Crippen LogP) is 2.07. The number of piperidine rings is 1. The van der Waals surface area contributed by atoms with Crippen molar-refractivity contribution in [3.8, 4) is 11.5 Å². The van der Waals surface area contributed by atoms with Crippen molar-refractivity contribution in [2.75, 3.05) is 6.54 Å². The molecule has 5 heteroatoms. The molecule has 1 spiro atoms. The number of benzene rings is 2. The third-order valence-electron chi connectivity index (χ3n) is 7.48. The minimum Gasteiger partial charge on any atom is -0.485 e. The summed E-state index contributed by atoms with van der Waals surface area (Å²) in [6, 6.07) is 14.2. The number of aliphatic hydroxyl groups is 2. The van der Waals surface area contributed by atoms with E-state index in [9.17, 15) is 10.2 Å². The van der Waals surface area contributed by atoms with Gasteiger partial charge in [-0.1, -0.05) is 36.4 Å². The minimum atomic E-state index is -0.883. The van der Waals surface area contributed by atoms with Gasteiger partial charge in [-0.05, 0) is 49.4 Å².